The highest BCUT2D eigenvalue weighted by Crippen LogP contribution is 2.12. The quantitative estimate of drug-likeness (QED) is 0.730. The van der Waals surface area contributed by atoms with Crippen LogP contribution in [0.3, 0.4) is 0 Å². The summed E-state index contributed by atoms with van der Waals surface area (Å²) >= 11 is 0. The Labute approximate surface area is 111 Å². The van der Waals surface area contributed by atoms with Crippen molar-refractivity contribution < 1.29 is 9.53 Å². The van der Waals surface area contributed by atoms with Crippen molar-refractivity contribution in [2.45, 2.75) is 19.5 Å². The number of nitrogens with two attached hydrogens (primary N) is 1. The Kier molecular flexibility index (Phi) is 4.13. The first-order valence-corrected chi connectivity index (χ1v) is 6.07. The van der Waals surface area contributed by atoms with Crippen molar-refractivity contribution in [2.75, 3.05) is 13.7 Å². The number of nitrogens with one attached hydrogen (secondary N) is 2. The molecule has 0 aliphatic heterocycles. The van der Waals surface area contributed by atoms with Gasteiger partial charge in [0.1, 0.15) is 11.9 Å². The summed E-state index contributed by atoms with van der Waals surface area (Å²) in [7, 11) is 1.51. The molecule has 1 atom stereocenters. The molecule has 0 bridgehead atoms. The molecule has 0 aliphatic rings. The lowest BCUT2D eigenvalue weighted by Gasteiger charge is -2.09. The van der Waals surface area contributed by atoms with Crippen LogP contribution in [0.5, 0.6) is 0 Å². The molecule has 4 N–H and O–H groups in total. The number of ether oxygens (including phenoxy) is 1. The number of hydrogen-bond donors (Lipinski definition) is 3. The first kappa shape index (κ1) is 13.5. The number of rotatable bonds is 5. The van der Waals surface area contributed by atoms with E-state index in [1.165, 1.54) is 7.11 Å². The van der Waals surface area contributed by atoms with E-state index in [4.69, 9.17) is 10.5 Å². The second kappa shape index (κ2) is 5.81. The molecule has 0 radical (unpaired) electrons. The topological polar surface area (TPSA) is 93.0 Å². The summed E-state index contributed by atoms with van der Waals surface area (Å²) in [5.74, 6) is 0.456. The second-order valence-corrected chi connectivity index (χ2v) is 4.48. The maximum absolute atomic E-state index is 11.6. The van der Waals surface area contributed by atoms with Gasteiger partial charge >= 0.3 is 0 Å². The van der Waals surface area contributed by atoms with Crippen LogP contribution in [-0.2, 0) is 16.1 Å². The lowest BCUT2D eigenvalue weighted by Crippen LogP contribution is -2.43. The summed E-state index contributed by atoms with van der Waals surface area (Å²) in [5, 5.41) is 2.72. The van der Waals surface area contributed by atoms with Gasteiger partial charge in [-0.15, -0.1) is 0 Å². The average Bonchev–Trinajstić information content (AvgIpc) is 2.78. The Morgan fingerprint density at radius 2 is 2.37 bits per heavy atom. The Bertz CT molecular complexity index is 579. The molecule has 1 aromatic carbocycles. The van der Waals surface area contributed by atoms with Gasteiger partial charge in [0.25, 0.3) is 0 Å². The highest BCUT2D eigenvalue weighted by Gasteiger charge is 2.13. The highest BCUT2D eigenvalue weighted by atomic mass is 16.5. The molecule has 6 nitrogen and oxygen atoms in total. The van der Waals surface area contributed by atoms with Crippen LogP contribution in [0.15, 0.2) is 18.2 Å². The molecule has 1 aromatic heterocycles. The third kappa shape index (κ3) is 3.30. The fourth-order valence-electron chi connectivity index (χ4n) is 1.82. The first-order valence-electron chi connectivity index (χ1n) is 6.07. The molecule has 1 amide bonds. The molecule has 102 valence electrons. The number of amides is 1. The number of methoxy groups -OCH3 is 1. The van der Waals surface area contributed by atoms with Gasteiger partial charge in [0.2, 0.25) is 5.91 Å². The number of carbonyl (C=O) groups excluding carboxylic acids is 1. The van der Waals surface area contributed by atoms with Gasteiger partial charge < -0.3 is 20.8 Å². The zero-order valence-electron chi connectivity index (χ0n) is 11.1. The van der Waals surface area contributed by atoms with Crippen LogP contribution in [0.25, 0.3) is 11.0 Å². The predicted octanol–water partition coefficient (Wildman–Crippen LogP) is 0.461. The molecule has 0 saturated heterocycles. The standard InChI is InChI=1S/C13H18N4O2/c1-8-3-4-10-11(5-8)17-12(16-10)6-15-13(18)9(14)7-19-2/h3-5,9H,6-7,14H2,1-2H3,(H,15,18)(H,16,17). The minimum atomic E-state index is -0.656. The van der Waals surface area contributed by atoms with Gasteiger partial charge in [0, 0.05) is 7.11 Å². The fraction of sp³-hybridized carbons (Fsp3) is 0.385. The molecule has 19 heavy (non-hydrogen) atoms. The highest BCUT2D eigenvalue weighted by molar-refractivity contribution is 5.81. The molecule has 0 saturated carbocycles. The molecule has 0 aliphatic carbocycles. The van der Waals surface area contributed by atoms with E-state index in [1.807, 2.05) is 25.1 Å². The molecule has 0 spiro atoms. The van der Waals surface area contributed by atoms with E-state index in [9.17, 15) is 4.79 Å². The number of fused-ring (bicyclic) bond motifs is 1. The number of H-pyrrole nitrogens is 1. The summed E-state index contributed by atoms with van der Waals surface area (Å²) in [6.07, 6.45) is 0. The lowest BCUT2D eigenvalue weighted by molar-refractivity contribution is -0.123. The van der Waals surface area contributed by atoms with Crippen LogP contribution >= 0.6 is 0 Å². The zero-order valence-corrected chi connectivity index (χ0v) is 11.1. The molecule has 2 aromatic rings. The van der Waals surface area contributed by atoms with E-state index in [2.05, 4.69) is 15.3 Å². The van der Waals surface area contributed by atoms with Crippen LogP contribution < -0.4 is 11.1 Å². The van der Waals surface area contributed by atoms with Crippen LogP contribution in [0, 0.1) is 6.92 Å². The van der Waals surface area contributed by atoms with Gasteiger partial charge in [-0.25, -0.2) is 4.98 Å². The molecule has 2 rings (SSSR count). The Hall–Kier alpha value is -1.92. The average molecular weight is 262 g/mol. The van der Waals surface area contributed by atoms with Crippen molar-refractivity contribution in [1.29, 1.82) is 0 Å². The molecule has 1 heterocycles. The SMILES string of the molecule is COCC(N)C(=O)NCc1nc2ccc(C)cc2[nH]1. The number of carbonyl (C=O) groups is 1. The monoisotopic (exact) mass is 262 g/mol. The van der Waals surface area contributed by atoms with Crippen molar-refractivity contribution in [1.82, 2.24) is 15.3 Å². The van der Waals surface area contributed by atoms with Gasteiger partial charge in [-0.05, 0) is 24.6 Å². The molecular formula is C13H18N4O2. The van der Waals surface area contributed by atoms with Crippen molar-refractivity contribution in [3.8, 4) is 0 Å². The normalized spacial score (nSPS) is 12.6. The lowest BCUT2D eigenvalue weighted by atomic mass is 10.2. The van der Waals surface area contributed by atoms with E-state index in [1.54, 1.807) is 0 Å². The first-order chi connectivity index (χ1) is 9.10. The molecule has 6 heteroatoms. The van der Waals surface area contributed by atoms with Crippen LogP contribution in [0.4, 0.5) is 0 Å². The summed E-state index contributed by atoms with van der Waals surface area (Å²) in [5.41, 5.74) is 8.63. The van der Waals surface area contributed by atoms with Crippen LogP contribution in [-0.4, -0.2) is 35.6 Å². The Balaban J connectivity index is 2.00. The van der Waals surface area contributed by atoms with E-state index in [0.29, 0.717) is 12.4 Å². The largest absolute Gasteiger partial charge is 0.383 e. The maximum Gasteiger partial charge on any atom is 0.239 e. The summed E-state index contributed by atoms with van der Waals surface area (Å²) in [6.45, 7) is 2.54. The van der Waals surface area contributed by atoms with Crippen LogP contribution in [0.1, 0.15) is 11.4 Å². The summed E-state index contributed by atoms with van der Waals surface area (Å²) < 4.78 is 4.83. The minimum Gasteiger partial charge on any atom is -0.383 e. The second-order valence-electron chi connectivity index (χ2n) is 4.48. The van der Waals surface area contributed by atoms with Crippen molar-refractivity contribution in [2.24, 2.45) is 5.73 Å². The number of imidazole rings is 1. The smallest absolute Gasteiger partial charge is 0.239 e. The van der Waals surface area contributed by atoms with Gasteiger partial charge in [0.15, 0.2) is 0 Å². The maximum atomic E-state index is 11.6. The van der Waals surface area contributed by atoms with E-state index in [0.717, 1.165) is 16.6 Å². The Morgan fingerprint density at radius 3 is 3.11 bits per heavy atom. The number of nitrogens with zero attached hydrogens (tertiary/aromatic N) is 1. The number of aryl methyl sites for hydroxylation is 1. The number of aromatic nitrogens is 2. The third-order valence-electron chi connectivity index (χ3n) is 2.80. The number of hydrogen-bond acceptors (Lipinski definition) is 4. The number of aromatic amines is 1. The minimum absolute atomic E-state index is 0.200. The molecule has 1 unspecified atom stereocenters. The van der Waals surface area contributed by atoms with E-state index in [-0.39, 0.29) is 12.5 Å². The molecular weight excluding hydrogens is 244 g/mol. The Morgan fingerprint density at radius 1 is 1.58 bits per heavy atom. The number of benzene rings is 1. The van der Waals surface area contributed by atoms with Crippen LogP contribution in [0.2, 0.25) is 0 Å². The van der Waals surface area contributed by atoms with Crippen molar-refractivity contribution >= 4 is 16.9 Å². The van der Waals surface area contributed by atoms with Gasteiger partial charge in [0.05, 0.1) is 24.2 Å². The van der Waals surface area contributed by atoms with E-state index < -0.39 is 6.04 Å². The van der Waals surface area contributed by atoms with Crippen molar-refractivity contribution in [3.63, 3.8) is 0 Å². The third-order valence-corrected chi connectivity index (χ3v) is 2.80. The summed E-state index contributed by atoms with van der Waals surface area (Å²) in [4.78, 5) is 19.2. The predicted molar refractivity (Wildman–Crippen MR) is 72.5 cm³/mol. The fourth-order valence-corrected chi connectivity index (χ4v) is 1.82. The van der Waals surface area contributed by atoms with Gasteiger partial charge in [-0.2, -0.15) is 0 Å². The zero-order chi connectivity index (χ0) is 13.8. The van der Waals surface area contributed by atoms with Gasteiger partial charge in [-0.3, -0.25) is 4.79 Å². The van der Waals surface area contributed by atoms with Gasteiger partial charge in [-0.1, -0.05) is 6.07 Å². The summed E-state index contributed by atoms with van der Waals surface area (Å²) in [6, 6.07) is 5.31. The molecule has 0 fully saturated rings. The van der Waals surface area contributed by atoms with Crippen molar-refractivity contribution in [3.05, 3.63) is 29.6 Å². The van der Waals surface area contributed by atoms with E-state index >= 15 is 0 Å².